The quantitative estimate of drug-likeness (QED) is 0.616. The van der Waals surface area contributed by atoms with Gasteiger partial charge < -0.3 is 14.6 Å². The molecule has 6 nitrogen and oxygen atoms in total. The average molecular weight is 192 g/mol. The zero-order valence-corrected chi connectivity index (χ0v) is 7.30. The molecule has 2 aromatic rings. The number of carbonyl (C=O) groups is 1. The molecule has 0 saturated carbocycles. The molecule has 0 aliphatic carbocycles. The Morgan fingerprint density at radius 2 is 2.36 bits per heavy atom. The number of methoxy groups -OCH3 is 1. The van der Waals surface area contributed by atoms with Crippen LogP contribution in [0.3, 0.4) is 0 Å². The molecule has 0 atom stereocenters. The largest absolute Gasteiger partial charge is 0.543 e. The molecule has 2 heterocycles. The number of carbonyl (C=O) groups excluding carboxylic acids is 1. The summed E-state index contributed by atoms with van der Waals surface area (Å²) in [6.07, 6.45) is 1.19. The Hall–Kier alpha value is -2.11. The van der Waals surface area contributed by atoms with E-state index in [1.54, 1.807) is 12.1 Å². The second-order valence-electron chi connectivity index (χ2n) is 2.58. The highest BCUT2D eigenvalue weighted by atomic mass is 16.5. The second kappa shape index (κ2) is 2.99. The van der Waals surface area contributed by atoms with Crippen molar-refractivity contribution < 1.29 is 14.6 Å². The number of aromatic nitrogens is 3. The maximum Gasteiger partial charge on any atom is 0.231 e. The number of imidazole rings is 1. The summed E-state index contributed by atoms with van der Waals surface area (Å²) >= 11 is 0. The Morgan fingerprint density at radius 1 is 1.57 bits per heavy atom. The maximum atomic E-state index is 10.6. The van der Waals surface area contributed by atoms with E-state index in [0.717, 1.165) is 4.52 Å². The van der Waals surface area contributed by atoms with Gasteiger partial charge in [-0.05, 0) is 6.07 Å². The lowest BCUT2D eigenvalue weighted by Crippen LogP contribution is -2.24. The molecule has 0 fully saturated rings. The molecular formula is C8H6N3O3-. The number of fused-ring (bicyclic) bond motifs is 1. The van der Waals surface area contributed by atoms with Gasteiger partial charge in [-0.2, -0.15) is 0 Å². The normalized spacial score (nSPS) is 10.4. The van der Waals surface area contributed by atoms with Crippen molar-refractivity contribution in [3.8, 4) is 5.88 Å². The fourth-order valence-electron chi connectivity index (χ4n) is 1.10. The van der Waals surface area contributed by atoms with E-state index in [1.807, 2.05) is 0 Å². The van der Waals surface area contributed by atoms with E-state index in [1.165, 1.54) is 13.3 Å². The van der Waals surface area contributed by atoms with E-state index >= 15 is 0 Å². The van der Waals surface area contributed by atoms with Gasteiger partial charge in [0.1, 0.15) is 5.69 Å². The van der Waals surface area contributed by atoms with Crippen LogP contribution in [0.1, 0.15) is 10.5 Å². The second-order valence-corrected chi connectivity index (χ2v) is 2.58. The zero-order valence-electron chi connectivity index (χ0n) is 7.30. The average Bonchev–Trinajstić information content (AvgIpc) is 2.59. The minimum absolute atomic E-state index is 0.0982. The summed E-state index contributed by atoms with van der Waals surface area (Å²) in [6.45, 7) is 0. The first kappa shape index (κ1) is 8.49. The highest BCUT2D eigenvalue weighted by molar-refractivity contribution is 5.84. The molecule has 6 heteroatoms. The SMILES string of the molecule is COc1ccc2ncc(C(=O)[O-])n2n1. The van der Waals surface area contributed by atoms with Crippen molar-refractivity contribution in [2.75, 3.05) is 7.11 Å². The molecule has 2 aromatic heterocycles. The van der Waals surface area contributed by atoms with Crippen LogP contribution in [0, 0.1) is 0 Å². The predicted octanol–water partition coefficient (Wildman–Crippen LogP) is -0.899. The van der Waals surface area contributed by atoms with Gasteiger partial charge in [-0.15, -0.1) is 5.10 Å². The van der Waals surface area contributed by atoms with E-state index in [4.69, 9.17) is 4.74 Å². The highest BCUT2D eigenvalue weighted by Gasteiger charge is 2.05. The molecule has 0 amide bonds. The van der Waals surface area contributed by atoms with Crippen LogP contribution in [0.5, 0.6) is 5.88 Å². The number of aromatic carboxylic acids is 1. The Kier molecular flexibility index (Phi) is 1.81. The van der Waals surface area contributed by atoms with Gasteiger partial charge in [0, 0.05) is 6.07 Å². The molecule has 0 N–H and O–H groups in total. The molecule has 72 valence electrons. The van der Waals surface area contributed by atoms with Crippen LogP contribution >= 0.6 is 0 Å². The third kappa shape index (κ3) is 1.17. The van der Waals surface area contributed by atoms with Crippen molar-refractivity contribution in [2.45, 2.75) is 0 Å². The van der Waals surface area contributed by atoms with Crippen molar-refractivity contribution in [2.24, 2.45) is 0 Å². The molecule has 0 aliphatic heterocycles. The van der Waals surface area contributed by atoms with Gasteiger partial charge >= 0.3 is 0 Å². The third-order valence-corrected chi connectivity index (χ3v) is 1.76. The minimum Gasteiger partial charge on any atom is -0.543 e. The Morgan fingerprint density at radius 3 is 3.00 bits per heavy atom. The highest BCUT2D eigenvalue weighted by Crippen LogP contribution is 2.09. The van der Waals surface area contributed by atoms with Gasteiger partial charge in [-0.3, -0.25) is 0 Å². The summed E-state index contributed by atoms with van der Waals surface area (Å²) < 4.78 is 6.01. The minimum atomic E-state index is -1.32. The molecule has 0 bridgehead atoms. The lowest BCUT2D eigenvalue weighted by atomic mass is 10.5. The van der Waals surface area contributed by atoms with E-state index in [-0.39, 0.29) is 5.69 Å². The summed E-state index contributed by atoms with van der Waals surface area (Å²) in [5.41, 5.74) is 0.337. The smallest absolute Gasteiger partial charge is 0.231 e. The summed E-state index contributed by atoms with van der Waals surface area (Å²) in [5, 5.41) is 14.5. The van der Waals surface area contributed by atoms with Gasteiger partial charge in [0.05, 0.1) is 19.3 Å². The van der Waals surface area contributed by atoms with Crippen LogP contribution < -0.4 is 9.84 Å². The van der Waals surface area contributed by atoms with Gasteiger partial charge in [0.2, 0.25) is 5.88 Å². The van der Waals surface area contributed by atoms with Gasteiger partial charge in [-0.1, -0.05) is 0 Å². The number of nitrogens with zero attached hydrogens (tertiary/aromatic N) is 3. The Balaban J connectivity index is 2.69. The predicted molar refractivity (Wildman–Crippen MR) is 43.9 cm³/mol. The van der Waals surface area contributed by atoms with Gasteiger partial charge in [0.15, 0.2) is 5.65 Å². The fourth-order valence-corrected chi connectivity index (χ4v) is 1.10. The number of carboxylic acid groups (broad SMARTS) is 1. The third-order valence-electron chi connectivity index (χ3n) is 1.76. The van der Waals surface area contributed by atoms with E-state index in [0.29, 0.717) is 11.5 Å². The van der Waals surface area contributed by atoms with Gasteiger partial charge in [0.25, 0.3) is 0 Å². The Labute approximate surface area is 78.8 Å². The molecule has 2 rings (SSSR count). The topological polar surface area (TPSA) is 79.5 Å². The van der Waals surface area contributed by atoms with Crippen LogP contribution in [0.2, 0.25) is 0 Å². The maximum absolute atomic E-state index is 10.6. The van der Waals surface area contributed by atoms with Crippen LogP contribution in [-0.2, 0) is 0 Å². The molecule has 0 unspecified atom stereocenters. The van der Waals surface area contributed by atoms with Crippen LogP contribution in [0.15, 0.2) is 18.3 Å². The number of hydrogen-bond donors (Lipinski definition) is 0. The van der Waals surface area contributed by atoms with Crippen molar-refractivity contribution in [3.05, 3.63) is 24.0 Å². The molecule has 0 aliphatic rings. The number of rotatable bonds is 2. The fraction of sp³-hybridized carbons (Fsp3) is 0.125. The standard InChI is InChI=1S/C8H7N3O3/c1-14-7-3-2-6-9-4-5(8(12)13)11(6)10-7/h2-4H,1H3,(H,12,13)/p-1. The summed E-state index contributed by atoms with van der Waals surface area (Å²) in [4.78, 5) is 14.5. The van der Waals surface area contributed by atoms with Crippen LogP contribution in [-0.4, -0.2) is 27.7 Å². The van der Waals surface area contributed by atoms with E-state index < -0.39 is 5.97 Å². The van der Waals surface area contributed by atoms with Crippen LogP contribution in [0.4, 0.5) is 0 Å². The van der Waals surface area contributed by atoms with Crippen molar-refractivity contribution in [1.82, 2.24) is 14.6 Å². The number of hydrogen-bond acceptors (Lipinski definition) is 5. The molecule has 0 radical (unpaired) electrons. The van der Waals surface area contributed by atoms with Crippen molar-refractivity contribution in [1.29, 1.82) is 0 Å². The molecule has 0 aromatic carbocycles. The Bertz CT molecular complexity index is 492. The summed E-state index contributed by atoms with van der Waals surface area (Å²) in [7, 11) is 1.45. The summed E-state index contributed by atoms with van der Waals surface area (Å²) in [6, 6.07) is 3.21. The molecule has 0 saturated heterocycles. The molecular weight excluding hydrogens is 186 g/mol. The van der Waals surface area contributed by atoms with E-state index in [9.17, 15) is 9.90 Å². The molecule has 0 spiro atoms. The van der Waals surface area contributed by atoms with E-state index in [2.05, 4.69) is 10.1 Å². The number of carboxylic acids is 1. The summed E-state index contributed by atoms with van der Waals surface area (Å²) in [5.74, 6) is -1.00. The van der Waals surface area contributed by atoms with Crippen molar-refractivity contribution in [3.63, 3.8) is 0 Å². The van der Waals surface area contributed by atoms with Gasteiger partial charge in [-0.25, -0.2) is 9.50 Å². The first-order valence-corrected chi connectivity index (χ1v) is 3.82. The lowest BCUT2D eigenvalue weighted by Gasteiger charge is -2.02. The van der Waals surface area contributed by atoms with Crippen molar-refractivity contribution >= 4 is 11.6 Å². The lowest BCUT2D eigenvalue weighted by molar-refractivity contribution is -0.255. The monoisotopic (exact) mass is 192 g/mol. The zero-order chi connectivity index (χ0) is 10.1. The first-order chi connectivity index (χ1) is 6.72. The first-order valence-electron chi connectivity index (χ1n) is 3.82. The van der Waals surface area contributed by atoms with Crippen LogP contribution in [0.25, 0.3) is 5.65 Å². The number of ether oxygens (including phenoxy) is 1. The molecule has 14 heavy (non-hydrogen) atoms.